The molecule has 13 atom stereocenters. The molecule has 0 aromatic heterocycles. The number of nitrogens with zero attached hydrogens (tertiary/aromatic N) is 7. The number of carbonyl (C=O) groups is 13. The van der Waals surface area contributed by atoms with Gasteiger partial charge in [-0.15, -0.1) is 0 Å². The van der Waals surface area contributed by atoms with E-state index in [1.165, 1.54) is 85.5 Å². The number of esters is 2. The predicted octanol–water partition coefficient (Wildman–Crippen LogP) is 8.45. The van der Waals surface area contributed by atoms with Crippen LogP contribution < -0.4 is 5.32 Å². The molecule has 0 aliphatic rings. The van der Waals surface area contributed by atoms with Gasteiger partial charge in [0.1, 0.15) is 54.3 Å². The van der Waals surface area contributed by atoms with Gasteiger partial charge in [-0.1, -0.05) is 116 Å². The first-order valence-corrected chi connectivity index (χ1v) is 35.6. The number of nitrogens with one attached hydrogen (secondary N) is 1. The van der Waals surface area contributed by atoms with Crippen LogP contribution in [-0.4, -0.2) is 241 Å². The fourth-order valence-electron chi connectivity index (χ4n) is 12.3. The van der Waals surface area contributed by atoms with E-state index in [0.29, 0.717) is 25.9 Å². The second kappa shape index (κ2) is 43.8. The summed E-state index contributed by atoms with van der Waals surface area (Å²) < 4.78 is 22.2. The largest absolute Gasteiger partial charge is 0.462 e. The van der Waals surface area contributed by atoms with Crippen molar-refractivity contribution in [3.8, 4) is 0 Å². The number of Topliss-reactive ketones (excluding diaryl/α,β-unsaturated/α-hetero) is 3. The fraction of sp³-hybridized carbons (Fsp3) is 0.797. The molecule has 25 heteroatoms. The Morgan fingerprint density at radius 3 is 1.52 bits per heavy atom. The molecule has 0 saturated heterocycles. The minimum absolute atomic E-state index is 0.0650. The van der Waals surface area contributed by atoms with Crippen molar-refractivity contribution in [3.63, 3.8) is 0 Å². The van der Waals surface area contributed by atoms with Gasteiger partial charge in [-0.25, -0.2) is 9.59 Å². The van der Waals surface area contributed by atoms with Crippen molar-refractivity contribution in [2.45, 2.75) is 257 Å². The second-order valence-corrected chi connectivity index (χ2v) is 29.9. The number of carbonyl (C=O) groups excluding carboxylic acids is 13. The molecule has 0 aliphatic carbocycles. The SMILES string of the molecule is C/C=C/C[C@@H](C)[C@@H](OC(C)=O)[C@@H](C(=O)N[C@@H](CC)C(=O)OCCN(C)C(C)=O)N(C)C(=O)[C@H](C(C)C)N(C)C(=O)[C@H](CC(C)C)N(C)C(=O)[C@H](CCC)N(C)C(=O)[C@@H](C)CC(=O)[C@H](C)CC(=O)[C@H](CC(C)C)N(C)C(=O)[C@@H](CC(=O)[C@H]([C@H](C)CCOC)N(C)C(=O)OC(C)(C)C)C(C)C. The van der Waals surface area contributed by atoms with Crippen LogP contribution in [0.1, 0.15) is 203 Å². The van der Waals surface area contributed by atoms with Gasteiger partial charge in [-0.3, -0.25) is 52.7 Å². The fourth-order valence-corrected chi connectivity index (χ4v) is 12.3. The topological polar surface area (TPSA) is 294 Å². The van der Waals surface area contributed by atoms with E-state index in [0.717, 1.165) is 4.90 Å². The van der Waals surface area contributed by atoms with E-state index >= 15 is 14.4 Å². The zero-order chi connectivity index (χ0) is 77.0. The average Bonchev–Trinajstić information content (AvgIpc) is 0.801. The molecule has 99 heavy (non-hydrogen) atoms. The zero-order valence-electron chi connectivity index (χ0n) is 65.7. The summed E-state index contributed by atoms with van der Waals surface area (Å²) in [6.45, 7) is 34.7. The van der Waals surface area contributed by atoms with Crippen molar-refractivity contribution < 1.29 is 81.3 Å². The molecule has 0 spiro atoms. The third kappa shape index (κ3) is 29.4. The van der Waals surface area contributed by atoms with E-state index in [1.54, 1.807) is 89.5 Å². The number of hydrogen-bond acceptors (Lipinski definition) is 17. The van der Waals surface area contributed by atoms with Gasteiger partial charge in [0, 0.05) is 114 Å². The highest BCUT2D eigenvalue weighted by Crippen LogP contribution is 2.30. The lowest BCUT2D eigenvalue weighted by atomic mass is 9.83. The minimum atomic E-state index is -1.55. The number of hydrogen-bond donors (Lipinski definition) is 1. The molecule has 0 bridgehead atoms. The molecule has 0 fully saturated rings. The Bertz CT molecular complexity index is 2710. The number of ether oxygens (including phenoxy) is 4. The quantitative estimate of drug-likeness (QED) is 0.0340. The Labute approximate surface area is 593 Å². The average molecular weight is 1400 g/mol. The van der Waals surface area contributed by atoms with Crippen molar-refractivity contribution in [1.82, 2.24) is 39.6 Å². The van der Waals surface area contributed by atoms with Crippen LogP contribution in [0.2, 0.25) is 0 Å². The third-order valence-electron chi connectivity index (χ3n) is 18.4. The first-order valence-electron chi connectivity index (χ1n) is 35.6. The van der Waals surface area contributed by atoms with Crippen LogP contribution in [0.4, 0.5) is 4.79 Å². The monoisotopic (exact) mass is 1400 g/mol. The van der Waals surface area contributed by atoms with Crippen LogP contribution in [-0.2, 0) is 76.5 Å². The predicted molar refractivity (Wildman–Crippen MR) is 381 cm³/mol. The molecule has 0 aliphatic heterocycles. The molecule has 8 amide bonds. The number of methoxy groups -OCH3 is 1. The standard InChI is InChI=1S/C74H130N8O17/c1-29-32-34-49(13)65(98-53(17)84)64(66(88)75-55(31-3)72(94)97-38-36-76(21)52(16)83)81(26)71(93)62(47(10)11)80(25)70(92)58(40-45(6)7)79(24)69(91)56(33-30-2)77(22)67(89)51(15)42-59(85)50(14)41-60(86)57(39-44(4)5)78(23)68(90)54(46(8)9)43-61(87)63(48(12)35-37-96-28)82(27)73(95)99-74(18,19)20/h29,32,44-51,54-58,62-65H,30-31,33-43H2,1-28H3,(H,75,88)/b32-29+/t48-,49-,50-,51+,54+,55+,56+,57+,58+,62+,63+,64+,65-/m1/s1. The maximum absolute atomic E-state index is 15.3. The number of amides is 8. The van der Waals surface area contributed by atoms with Crippen molar-refractivity contribution in [1.29, 1.82) is 0 Å². The summed E-state index contributed by atoms with van der Waals surface area (Å²) in [6, 6.07) is -8.23. The summed E-state index contributed by atoms with van der Waals surface area (Å²) in [5.74, 6) is -11.5. The lowest BCUT2D eigenvalue weighted by Crippen LogP contribution is -2.63. The first-order chi connectivity index (χ1) is 45.7. The number of likely N-dealkylation sites (N-methyl/N-ethyl adjacent to an activating group) is 7. The molecule has 568 valence electrons. The van der Waals surface area contributed by atoms with E-state index in [4.69, 9.17) is 18.9 Å². The third-order valence-corrected chi connectivity index (χ3v) is 18.4. The van der Waals surface area contributed by atoms with Crippen LogP contribution in [0.5, 0.6) is 0 Å². The number of rotatable bonds is 44. The zero-order valence-corrected chi connectivity index (χ0v) is 65.7. The van der Waals surface area contributed by atoms with Crippen molar-refractivity contribution in [3.05, 3.63) is 12.2 Å². The Morgan fingerprint density at radius 1 is 0.525 bits per heavy atom. The van der Waals surface area contributed by atoms with Gasteiger partial charge in [0.05, 0.1) is 18.6 Å². The summed E-state index contributed by atoms with van der Waals surface area (Å²) in [5.41, 5.74) is -0.832. The molecule has 0 heterocycles. The van der Waals surface area contributed by atoms with Crippen LogP contribution in [0, 0.1) is 53.3 Å². The molecule has 0 rings (SSSR count). The Morgan fingerprint density at radius 2 is 1.04 bits per heavy atom. The molecular formula is C74H130N8O17. The molecule has 0 aromatic rings. The van der Waals surface area contributed by atoms with Gasteiger partial charge in [0.2, 0.25) is 41.4 Å². The minimum Gasteiger partial charge on any atom is -0.462 e. The summed E-state index contributed by atoms with van der Waals surface area (Å²) in [7, 11) is 11.9. The number of allylic oxidation sites excluding steroid dienone is 2. The van der Waals surface area contributed by atoms with E-state index < -0.39 is 143 Å². The van der Waals surface area contributed by atoms with E-state index in [2.05, 4.69) is 5.32 Å². The molecule has 25 nitrogen and oxygen atoms in total. The van der Waals surface area contributed by atoms with Crippen LogP contribution >= 0.6 is 0 Å². The van der Waals surface area contributed by atoms with Gasteiger partial charge >= 0.3 is 18.0 Å². The van der Waals surface area contributed by atoms with Gasteiger partial charge in [0.15, 0.2) is 11.6 Å². The highest BCUT2D eigenvalue weighted by atomic mass is 16.6. The highest BCUT2D eigenvalue weighted by Gasteiger charge is 2.47. The van der Waals surface area contributed by atoms with Crippen molar-refractivity contribution >= 4 is 76.7 Å². The molecule has 0 unspecified atom stereocenters. The molecule has 0 radical (unpaired) electrons. The Kier molecular flexibility index (Phi) is 40.8. The molecule has 1 N–H and O–H groups in total. The van der Waals surface area contributed by atoms with Crippen LogP contribution in [0.15, 0.2) is 12.2 Å². The van der Waals surface area contributed by atoms with E-state index in [1.807, 2.05) is 61.5 Å². The maximum atomic E-state index is 15.3. The van der Waals surface area contributed by atoms with Gasteiger partial charge in [-0.2, -0.15) is 0 Å². The van der Waals surface area contributed by atoms with Crippen LogP contribution in [0.25, 0.3) is 0 Å². The smallest absolute Gasteiger partial charge is 0.410 e. The Hall–Kier alpha value is -6.79. The van der Waals surface area contributed by atoms with Gasteiger partial charge in [-0.05, 0) is 102 Å². The van der Waals surface area contributed by atoms with Crippen LogP contribution in [0.3, 0.4) is 0 Å². The maximum Gasteiger partial charge on any atom is 0.410 e. The van der Waals surface area contributed by atoms with E-state index in [9.17, 15) is 47.9 Å². The van der Waals surface area contributed by atoms with Gasteiger partial charge < -0.3 is 58.6 Å². The Balaban J connectivity index is 7.11. The number of ketones is 3. The summed E-state index contributed by atoms with van der Waals surface area (Å²) in [4.78, 5) is 193. The van der Waals surface area contributed by atoms with Crippen molar-refractivity contribution in [2.75, 3.05) is 76.2 Å². The van der Waals surface area contributed by atoms with Crippen molar-refractivity contribution in [2.24, 2.45) is 53.3 Å². The normalized spacial score (nSPS) is 15.8. The first kappa shape index (κ1) is 92.2. The lowest BCUT2D eigenvalue weighted by Gasteiger charge is -2.42. The second-order valence-electron chi connectivity index (χ2n) is 29.9. The summed E-state index contributed by atoms with van der Waals surface area (Å²) >= 11 is 0. The molecular weight excluding hydrogens is 1270 g/mol. The van der Waals surface area contributed by atoms with E-state index in [-0.39, 0.29) is 99.2 Å². The molecule has 0 aromatic carbocycles. The highest BCUT2D eigenvalue weighted by molar-refractivity contribution is 5.99. The summed E-state index contributed by atoms with van der Waals surface area (Å²) in [6.07, 6.45) is 2.74. The molecule has 0 saturated carbocycles. The lowest BCUT2D eigenvalue weighted by molar-refractivity contribution is -0.164. The summed E-state index contributed by atoms with van der Waals surface area (Å²) in [5, 5.41) is 2.71. The van der Waals surface area contributed by atoms with Gasteiger partial charge in [0.25, 0.3) is 0 Å².